The number of aromatic amines is 2. The molecule has 0 aliphatic carbocycles. The Labute approximate surface area is 224 Å². The van der Waals surface area contributed by atoms with Gasteiger partial charge in [-0.2, -0.15) is 5.26 Å². The molecule has 6 rings (SSSR count). The Balaban J connectivity index is 1.23. The normalized spacial score (nSPS) is 14.9. The number of piperidine rings is 1. The van der Waals surface area contributed by atoms with Crippen LogP contribution in [0.4, 0.5) is 10.2 Å². The summed E-state index contributed by atoms with van der Waals surface area (Å²) in [4.78, 5) is 27.3. The van der Waals surface area contributed by atoms with Gasteiger partial charge in [-0.3, -0.25) is 0 Å². The Hall–Kier alpha value is -4.78. The Bertz CT molecular complexity index is 1710. The number of nitrogens with one attached hydrogen (secondary N) is 2. The third kappa shape index (κ3) is 4.36. The number of methoxy groups -OCH3 is 1. The summed E-state index contributed by atoms with van der Waals surface area (Å²) in [5, 5.41) is 9.97. The highest BCUT2D eigenvalue weighted by molar-refractivity contribution is 5.91. The highest BCUT2D eigenvalue weighted by Crippen LogP contribution is 2.38. The van der Waals surface area contributed by atoms with E-state index in [1.54, 1.807) is 24.7 Å². The maximum Gasteiger partial charge on any atom is 0.165 e. The van der Waals surface area contributed by atoms with Gasteiger partial charge in [-0.15, -0.1) is 0 Å². The van der Waals surface area contributed by atoms with E-state index in [2.05, 4.69) is 36.7 Å². The number of imidazole rings is 1. The minimum atomic E-state index is -0.405. The summed E-state index contributed by atoms with van der Waals surface area (Å²) >= 11 is 0. The third-order valence-electron chi connectivity index (χ3n) is 7.64. The lowest BCUT2D eigenvalue weighted by molar-refractivity contribution is 0.345. The van der Waals surface area contributed by atoms with Gasteiger partial charge < -0.3 is 19.6 Å². The number of hydrogen-bond acceptors (Lipinski definition) is 7. The van der Waals surface area contributed by atoms with Crippen LogP contribution in [0.25, 0.3) is 33.5 Å². The zero-order valence-electron chi connectivity index (χ0n) is 21.9. The molecule has 0 atom stereocenters. The fraction of sp³-hybridized carbons (Fsp3) is 0.276. The van der Waals surface area contributed by atoms with Gasteiger partial charge in [0.05, 0.1) is 18.2 Å². The molecule has 0 spiro atoms. The number of aryl methyl sites for hydroxylation is 1. The molecule has 0 amide bonds. The first-order valence-corrected chi connectivity index (χ1v) is 12.7. The summed E-state index contributed by atoms with van der Waals surface area (Å²) in [6.45, 7) is 5.79. The second-order valence-corrected chi connectivity index (χ2v) is 10.1. The number of pyridine rings is 1. The van der Waals surface area contributed by atoms with E-state index in [4.69, 9.17) is 15.0 Å². The average Bonchev–Trinajstić information content (AvgIpc) is 3.58. The zero-order chi connectivity index (χ0) is 27.1. The molecule has 1 aliphatic rings. The second kappa shape index (κ2) is 9.51. The summed E-state index contributed by atoms with van der Waals surface area (Å²) in [6, 6.07) is 12.6. The van der Waals surface area contributed by atoms with Crippen molar-refractivity contribution < 1.29 is 9.13 Å². The van der Waals surface area contributed by atoms with Crippen molar-refractivity contribution in [2.24, 2.45) is 0 Å². The molecule has 196 valence electrons. The molecule has 4 aromatic heterocycles. The van der Waals surface area contributed by atoms with Crippen molar-refractivity contribution in [2.75, 3.05) is 25.1 Å². The topological polar surface area (TPSA) is 119 Å². The molecule has 39 heavy (non-hydrogen) atoms. The molecule has 5 aromatic rings. The Kier molecular flexibility index (Phi) is 5.99. The predicted molar refractivity (Wildman–Crippen MR) is 146 cm³/mol. The van der Waals surface area contributed by atoms with Crippen molar-refractivity contribution in [3.8, 4) is 34.3 Å². The van der Waals surface area contributed by atoms with Gasteiger partial charge in [-0.1, -0.05) is 6.92 Å². The van der Waals surface area contributed by atoms with Gasteiger partial charge in [0.15, 0.2) is 11.6 Å². The first-order chi connectivity index (χ1) is 18.9. The van der Waals surface area contributed by atoms with Crippen molar-refractivity contribution in [3.05, 3.63) is 72.0 Å². The highest BCUT2D eigenvalue weighted by Gasteiger charge is 2.36. The summed E-state index contributed by atoms with van der Waals surface area (Å²) in [7, 11) is 1.46. The number of nitrogens with zero attached hydrogens (tertiary/aromatic N) is 6. The molecule has 0 bridgehead atoms. The summed E-state index contributed by atoms with van der Waals surface area (Å²) < 4.78 is 19.4. The van der Waals surface area contributed by atoms with Crippen LogP contribution in [-0.4, -0.2) is 50.1 Å². The van der Waals surface area contributed by atoms with Gasteiger partial charge >= 0.3 is 0 Å². The van der Waals surface area contributed by atoms with Crippen LogP contribution >= 0.6 is 0 Å². The van der Waals surface area contributed by atoms with E-state index in [1.807, 2.05) is 31.2 Å². The number of hydrogen-bond donors (Lipinski definition) is 2. The van der Waals surface area contributed by atoms with Crippen LogP contribution in [0.1, 0.15) is 37.0 Å². The molecule has 2 N–H and O–H groups in total. The summed E-state index contributed by atoms with van der Waals surface area (Å²) in [5.74, 6) is 1.61. The lowest BCUT2D eigenvalue weighted by atomic mass is 9.79. The molecule has 1 aromatic carbocycles. The number of fused-ring (bicyclic) bond motifs is 1. The van der Waals surface area contributed by atoms with Crippen LogP contribution in [0.15, 0.2) is 48.9 Å². The van der Waals surface area contributed by atoms with E-state index in [9.17, 15) is 4.39 Å². The van der Waals surface area contributed by atoms with E-state index in [0.717, 1.165) is 76.8 Å². The molecule has 10 heteroatoms. The van der Waals surface area contributed by atoms with Crippen molar-refractivity contribution >= 4 is 16.9 Å². The SMILES string of the molecule is COc1ccc(-c2nc(C3(C)CCN(c4ncnc5[nH]c(-c6ccc(C#N)nc6)cc45)CC3)[nH]c2C)cc1F. The maximum atomic E-state index is 14.4. The van der Waals surface area contributed by atoms with E-state index < -0.39 is 5.82 Å². The highest BCUT2D eigenvalue weighted by atomic mass is 19.1. The van der Waals surface area contributed by atoms with Crippen molar-refractivity contribution in [2.45, 2.75) is 32.1 Å². The van der Waals surface area contributed by atoms with Gasteiger partial charge in [0, 0.05) is 47.2 Å². The lowest BCUT2D eigenvalue weighted by Gasteiger charge is -2.38. The first kappa shape index (κ1) is 24.6. The fourth-order valence-electron chi connectivity index (χ4n) is 5.24. The standard InChI is InChI=1S/C29H27FN8O/c1-17-25(18-5-7-24(39-3)22(30)12-18)37-28(35-17)29(2)8-10-38(11-9-29)27-21-13-23(36-26(21)33-16-34-27)19-4-6-20(14-31)32-15-19/h4-7,12-13,15-16H,8-11H2,1-3H3,(H,35,37)(H,33,34,36). The molecule has 0 saturated carbocycles. The minimum absolute atomic E-state index is 0.159. The monoisotopic (exact) mass is 522 g/mol. The molecule has 1 fully saturated rings. The quantitative estimate of drug-likeness (QED) is 0.322. The van der Waals surface area contributed by atoms with Crippen LogP contribution in [0.2, 0.25) is 0 Å². The molecular formula is C29H27FN8O. The Morgan fingerprint density at radius 3 is 2.54 bits per heavy atom. The first-order valence-electron chi connectivity index (χ1n) is 12.7. The van der Waals surface area contributed by atoms with E-state index >= 15 is 0 Å². The molecule has 1 saturated heterocycles. The molecule has 9 nitrogen and oxygen atoms in total. The number of halogens is 1. The second-order valence-electron chi connectivity index (χ2n) is 10.1. The summed E-state index contributed by atoms with van der Waals surface area (Å²) in [6.07, 6.45) is 5.01. The maximum absolute atomic E-state index is 14.4. The van der Waals surface area contributed by atoms with Crippen LogP contribution in [-0.2, 0) is 5.41 Å². The number of H-pyrrole nitrogens is 2. The van der Waals surface area contributed by atoms with Crippen LogP contribution in [0.5, 0.6) is 5.75 Å². The fourth-order valence-corrected chi connectivity index (χ4v) is 5.24. The Morgan fingerprint density at radius 1 is 1.05 bits per heavy atom. The van der Waals surface area contributed by atoms with Gasteiger partial charge in [0.25, 0.3) is 0 Å². The van der Waals surface area contributed by atoms with E-state index in [-0.39, 0.29) is 11.2 Å². The minimum Gasteiger partial charge on any atom is -0.494 e. The molecule has 1 aliphatic heterocycles. The lowest BCUT2D eigenvalue weighted by Crippen LogP contribution is -2.42. The van der Waals surface area contributed by atoms with Crippen LogP contribution in [0.3, 0.4) is 0 Å². The van der Waals surface area contributed by atoms with Gasteiger partial charge in [-0.05, 0) is 56.2 Å². The van der Waals surface area contributed by atoms with Crippen LogP contribution in [0, 0.1) is 24.1 Å². The molecule has 0 radical (unpaired) electrons. The average molecular weight is 523 g/mol. The van der Waals surface area contributed by atoms with E-state index in [1.165, 1.54) is 13.2 Å². The van der Waals surface area contributed by atoms with Crippen molar-refractivity contribution in [3.63, 3.8) is 0 Å². The van der Waals surface area contributed by atoms with Gasteiger partial charge in [0.1, 0.15) is 35.4 Å². The van der Waals surface area contributed by atoms with Crippen LogP contribution < -0.4 is 9.64 Å². The predicted octanol–water partition coefficient (Wildman–Crippen LogP) is 5.30. The Morgan fingerprint density at radius 2 is 1.85 bits per heavy atom. The van der Waals surface area contributed by atoms with Crippen molar-refractivity contribution in [1.29, 1.82) is 5.26 Å². The van der Waals surface area contributed by atoms with E-state index in [0.29, 0.717) is 5.69 Å². The molecule has 5 heterocycles. The third-order valence-corrected chi connectivity index (χ3v) is 7.64. The van der Waals surface area contributed by atoms with Gasteiger partial charge in [-0.25, -0.2) is 24.3 Å². The molecule has 0 unspecified atom stereocenters. The van der Waals surface area contributed by atoms with Gasteiger partial charge in [0.2, 0.25) is 0 Å². The number of ether oxygens (including phenoxy) is 1. The number of rotatable bonds is 5. The zero-order valence-corrected chi connectivity index (χ0v) is 21.9. The van der Waals surface area contributed by atoms with Crippen molar-refractivity contribution in [1.82, 2.24) is 29.9 Å². The summed E-state index contributed by atoms with van der Waals surface area (Å²) in [5.41, 5.74) is 5.11. The number of aromatic nitrogens is 6. The number of nitriles is 1. The number of anilines is 1. The number of benzene rings is 1. The molecular weight excluding hydrogens is 495 g/mol. The largest absolute Gasteiger partial charge is 0.494 e. The smallest absolute Gasteiger partial charge is 0.165 e.